The molecule has 19 heavy (non-hydrogen) atoms. The maximum absolute atomic E-state index is 12.4. The number of halogens is 1. The van der Waals surface area contributed by atoms with Crippen molar-refractivity contribution in [2.45, 2.75) is 38.8 Å². The Bertz CT molecular complexity index is 435. The Morgan fingerprint density at radius 2 is 2.37 bits per heavy atom. The van der Waals surface area contributed by atoms with Gasteiger partial charge in [0.1, 0.15) is 0 Å². The van der Waals surface area contributed by atoms with Gasteiger partial charge in [-0.15, -0.1) is 11.3 Å². The molecular weight excluding hydrogens is 280 g/mol. The van der Waals surface area contributed by atoms with E-state index in [0.29, 0.717) is 12.5 Å². The first kappa shape index (κ1) is 14.8. The van der Waals surface area contributed by atoms with Crippen molar-refractivity contribution in [2.24, 2.45) is 5.92 Å². The van der Waals surface area contributed by atoms with E-state index in [0.717, 1.165) is 28.6 Å². The summed E-state index contributed by atoms with van der Waals surface area (Å²) in [5.41, 5.74) is 0. The molecule has 2 unspecified atom stereocenters. The van der Waals surface area contributed by atoms with Gasteiger partial charge in [0.25, 0.3) is 0 Å². The van der Waals surface area contributed by atoms with Crippen molar-refractivity contribution in [1.29, 1.82) is 0 Å². The maximum atomic E-state index is 12.4. The molecule has 1 amide bonds. The predicted molar refractivity (Wildman–Crippen MR) is 80.6 cm³/mol. The summed E-state index contributed by atoms with van der Waals surface area (Å²) in [6.45, 7) is 3.80. The Balaban J connectivity index is 1.91. The second-order valence-electron chi connectivity index (χ2n) is 5.21. The van der Waals surface area contributed by atoms with Crippen LogP contribution in [0, 0.1) is 5.92 Å². The van der Waals surface area contributed by atoms with Gasteiger partial charge in [0.2, 0.25) is 5.91 Å². The molecule has 2 rings (SSSR count). The number of carbonyl (C=O) groups is 1. The first-order chi connectivity index (χ1) is 9.10. The maximum Gasteiger partial charge on any atom is 0.239 e. The average molecular weight is 301 g/mol. The van der Waals surface area contributed by atoms with E-state index in [1.54, 1.807) is 4.90 Å². The molecule has 1 aromatic heterocycles. The summed E-state index contributed by atoms with van der Waals surface area (Å²) in [4.78, 5) is 15.3. The Kier molecular flexibility index (Phi) is 5.25. The molecule has 1 aromatic rings. The Hall–Kier alpha value is -0.580. The molecule has 1 aliphatic heterocycles. The zero-order valence-corrected chi connectivity index (χ0v) is 13.1. The van der Waals surface area contributed by atoms with Crippen LogP contribution >= 0.6 is 22.9 Å². The summed E-state index contributed by atoms with van der Waals surface area (Å²) < 4.78 is 0.776. The third-order valence-corrected chi connectivity index (χ3v) is 5.00. The predicted octanol–water partition coefficient (Wildman–Crippen LogP) is 3.14. The van der Waals surface area contributed by atoms with Crippen molar-refractivity contribution in [3.8, 4) is 0 Å². The molecule has 5 heteroatoms. The zero-order chi connectivity index (χ0) is 13.8. The Labute approximate surface area is 123 Å². The van der Waals surface area contributed by atoms with Crippen LogP contribution in [0.5, 0.6) is 0 Å². The number of hydrogen-bond donors (Lipinski definition) is 1. The monoisotopic (exact) mass is 300 g/mol. The van der Waals surface area contributed by atoms with E-state index in [1.165, 1.54) is 17.8 Å². The fourth-order valence-corrected chi connectivity index (χ4v) is 3.71. The molecule has 2 heterocycles. The van der Waals surface area contributed by atoms with Gasteiger partial charge in [-0.25, -0.2) is 0 Å². The van der Waals surface area contributed by atoms with Crippen LogP contribution in [0.3, 0.4) is 0 Å². The molecular formula is C14H21ClN2OS. The summed E-state index contributed by atoms with van der Waals surface area (Å²) in [7, 11) is 1.87. The van der Waals surface area contributed by atoms with Crippen LogP contribution in [0.15, 0.2) is 12.1 Å². The first-order valence-electron chi connectivity index (χ1n) is 6.82. The summed E-state index contributed by atoms with van der Waals surface area (Å²) in [5, 5.41) is 3.34. The van der Waals surface area contributed by atoms with E-state index in [9.17, 15) is 4.79 Å². The molecule has 1 N–H and O–H groups in total. The van der Waals surface area contributed by atoms with Crippen molar-refractivity contribution in [3.63, 3.8) is 0 Å². The summed E-state index contributed by atoms with van der Waals surface area (Å²) in [6.07, 6.45) is 3.31. The minimum absolute atomic E-state index is 0.0147. The van der Waals surface area contributed by atoms with Crippen LogP contribution < -0.4 is 5.32 Å². The number of carbonyl (C=O) groups excluding carboxylic acids is 1. The number of likely N-dealkylation sites (N-methyl/N-ethyl adjacent to an activating group) is 1. The van der Waals surface area contributed by atoms with Crippen molar-refractivity contribution < 1.29 is 4.79 Å². The van der Waals surface area contributed by atoms with Crippen molar-refractivity contribution in [2.75, 3.05) is 13.6 Å². The smallest absolute Gasteiger partial charge is 0.239 e. The minimum atomic E-state index is -0.0147. The van der Waals surface area contributed by atoms with Gasteiger partial charge in [0.05, 0.1) is 16.9 Å². The van der Waals surface area contributed by atoms with Crippen LogP contribution in [0.25, 0.3) is 0 Å². The lowest BCUT2D eigenvalue weighted by Gasteiger charge is -2.31. The van der Waals surface area contributed by atoms with E-state index >= 15 is 0 Å². The largest absolute Gasteiger partial charge is 0.339 e. The van der Waals surface area contributed by atoms with E-state index in [-0.39, 0.29) is 11.9 Å². The van der Waals surface area contributed by atoms with Crippen molar-refractivity contribution in [1.82, 2.24) is 10.2 Å². The van der Waals surface area contributed by atoms with Gasteiger partial charge in [-0.1, -0.05) is 24.9 Å². The first-order valence-corrected chi connectivity index (χ1v) is 8.02. The van der Waals surface area contributed by atoms with Crippen LogP contribution in [-0.4, -0.2) is 30.4 Å². The highest BCUT2D eigenvalue weighted by molar-refractivity contribution is 7.16. The summed E-state index contributed by atoms with van der Waals surface area (Å²) >= 11 is 7.45. The van der Waals surface area contributed by atoms with Gasteiger partial charge in [-0.05, 0) is 37.4 Å². The standard InChI is InChI=1S/C14H21ClN2OS/c1-3-10-6-7-16-12(8-10)14(18)17(2)9-11-4-5-13(15)19-11/h4-5,10,12,16H,3,6-9H2,1-2H3. The number of piperidine rings is 1. The minimum Gasteiger partial charge on any atom is -0.339 e. The number of nitrogens with zero attached hydrogens (tertiary/aromatic N) is 1. The highest BCUT2D eigenvalue weighted by atomic mass is 35.5. The van der Waals surface area contributed by atoms with Gasteiger partial charge in [0.15, 0.2) is 0 Å². The summed E-state index contributed by atoms with van der Waals surface area (Å²) in [6, 6.07) is 3.85. The fourth-order valence-electron chi connectivity index (χ4n) is 2.57. The second kappa shape index (κ2) is 6.73. The molecule has 0 radical (unpaired) electrons. The van der Waals surface area contributed by atoms with Gasteiger partial charge < -0.3 is 10.2 Å². The lowest BCUT2D eigenvalue weighted by molar-refractivity contribution is -0.133. The molecule has 1 aliphatic rings. The van der Waals surface area contributed by atoms with E-state index < -0.39 is 0 Å². The molecule has 1 saturated heterocycles. The third kappa shape index (κ3) is 3.94. The molecule has 0 aliphatic carbocycles. The number of amides is 1. The number of hydrogen-bond acceptors (Lipinski definition) is 3. The van der Waals surface area contributed by atoms with Gasteiger partial charge in [-0.3, -0.25) is 4.79 Å². The summed E-state index contributed by atoms with van der Waals surface area (Å²) in [5.74, 6) is 0.877. The lowest BCUT2D eigenvalue weighted by atomic mass is 9.90. The van der Waals surface area contributed by atoms with E-state index in [2.05, 4.69) is 12.2 Å². The quantitative estimate of drug-likeness (QED) is 0.926. The molecule has 0 aromatic carbocycles. The molecule has 1 fully saturated rings. The number of rotatable bonds is 4. The van der Waals surface area contributed by atoms with Crippen LogP contribution in [0.1, 0.15) is 31.1 Å². The highest BCUT2D eigenvalue weighted by Crippen LogP contribution is 2.24. The number of nitrogens with one attached hydrogen (secondary N) is 1. The van der Waals surface area contributed by atoms with E-state index in [1.807, 2.05) is 19.2 Å². The van der Waals surface area contributed by atoms with Crippen molar-refractivity contribution >= 4 is 28.8 Å². The van der Waals surface area contributed by atoms with Crippen LogP contribution in [-0.2, 0) is 11.3 Å². The van der Waals surface area contributed by atoms with Gasteiger partial charge >= 0.3 is 0 Å². The lowest BCUT2D eigenvalue weighted by Crippen LogP contribution is -2.48. The third-order valence-electron chi connectivity index (χ3n) is 3.79. The van der Waals surface area contributed by atoms with Crippen molar-refractivity contribution in [3.05, 3.63) is 21.3 Å². The fraction of sp³-hybridized carbons (Fsp3) is 0.643. The molecule has 3 nitrogen and oxygen atoms in total. The normalized spacial score (nSPS) is 23.3. The topological polar surface area (TPSA) is 32.3 Å². The number of thiophene rings is 1. The van der Waals surface area contributed by atoms with Gasteiger partial charge in [-0.2, -0.15) is 0 Å². The Morgan fingerprint density at radius 1 is 1.58 bits per heavy atom. The van der Waals surface area contributed by atoms with Crippen LogP contribution in [0.4, 0.5) is 0 Å². The zero-order valence-electron chi connectivity index (χ0n) is 11.5. The molecule has 0 saturated carbocycles. The van der Waals surface area contributed by atoms with Gasteiger partial charge in [0, 0.05) is 11.9 Å². The molecule has 106 valence electrons. The molecule has 0 bridgehead atoms. The van der Waals surface area contributed by atoms with Crippen LogP contribution in [0.2, 0.25) is 4.34 Å². The second-order valence-corrected chi connectivity index (χ2v) is 7.01. The van der Waals surface area contributed by atoms with E-state index in [4.69, 9.17) is 11.6 Å². The highest BCUT2D eigenvalue weighted by Gasteiger charge is 2.28. The SMILES string of the molecule is CCC1CCNC(C(=O)N(C)Cc2ccc(Cl)s2)C1. The average Bonchev–Trinajstić information content (AvgIpc) is 2.83. The Morgan fingerprint density at radius 3 is 3.00 bits per heavy atom. The molecule has 0 spiro atoms. The molecule has 2 atom stereocenters.